The van der Waals surface area contributed by atoms with Crippen molar-refractivity contribution in [2.24, 2.45) is 0 Å². The lowest BCUT2D eigenvalue weighted by Crippen LogP contribution is -2.42. The monoisotopic (exact) mass is 454 g/mol. The Bertz CT molecular complexity index is 1150. The van der Waals surface area contributed by atoms with E-state index in [1.54, 1.807) is 30.3 Å². The van der Waals surface area contributed by atoms with Crippen molar-refractivity contribution >= 4 is 52.0 Å². The molecule has 31 heavy (non-hydrogen) atoms. The molecule has 0 radical (unpaired) electrons. The van der Waals surface area contributed by atoms with Gasteiger partial charge in [-0.25, -0.2) is 4.98 Å². The topological polar surface area (TPSA) is 100 Å². The summed E-state index contributed by atoms with van der Waals surface area (Å²) in [4.78, 5) is 41.4. The van der Waals surface area contributed by atoms with Crippen molar-refractivity contribution in [1.82, 2.24) is 21.2 Å². The number of pyridine rings is 1. The van der Waals surface area contributed by atoms with Gasteiger partial charge in [-0.1, -0.05) is 41.6 Å². The number of thioether (sulfide) groups is 1. The van der Waals surface area contributed by atoms with Crippen LogP contribution in [0.1, 0.15) is 33.6 Å². The molecule has 1 aromatic heterocycles. The van der Waals surface area contributed by atoms with Crippen LogP contribution in [0.2, 0.25) is 5.02 Å². The van der Waals surface area contributed by atoms with E-state index in [0.29, 0.717) is 26.7 Å². The van der Waals surface area contributed by atoms with Crippen LogP contribution in [-0.2, 0) is 4.79 Å². The zero-order valence-corrected chi connectivity index (χ0v) is 17.9. The maximum absolute atomic E-state index is 12.6. The lowest BCUT2D eigenvalue weighted by atomic mass is 10.1. The number of hydrazine groups is 1. The highest BCUT2D eigenvalue weighted by Crippen LogP contribution is 2.26. The summed E-state index contributed by atoms with van der Waals surface area (Å²) in [6.45, 7) is 0. The minimum atomic E-state index is -0.446. The minimum absolute atomic E-state index is 0.0237. The van der Waals surface area contributed by atoms with E-state index in [4.69, 9.17) is 11.6 Å². The molecule has 0 unspecified atom stereocenters. The van der Waals surface area contributed by atoms with E-state index >= 15 is 0 Å². The van der Waals surface area contributed by atoms with Gasteiger partial charge >= 0.3 is 0 Å². The van der Waals surface area contributed by atoms with Crippen molar-refractivity contribution < 1.29 is 14.4 Å². The predicted octanol–water partition coefficient (Wildman–Crippen LogP) is 3.33. The molecular formula is C22H19ClN4O3S. The molecule has 0 spiro atoms. The Balaban J connectivity index is 1.38. The lowest BCUT2D eigenvalue weighted by Gasteiger charge is -2.10. The average Bonchev–Trinajstić information content (AvgIpc) is 3.59. The Kier molecular flexibility index (Phi) is 6.39. The number of nitrogens with zero attached hydrogens (tertiary/aromatic N) is 1. The molecule has 3 aromatic rings. The molecule has 0 aliphatic heterocycles. The highest BCUT2D eigenvalue weighted by atomic mass is 35.5. The van der Waals surface area contributed by atoms with Gasteiger partial charge in [0.15, 0.2) is 0 Å². The van der Waals surface area contributed by atoms with E-state index < -0.39 is 11.8 Å². The first-order valence-electron chi connectivity index (χ1n) is 9.68. The largest absolute Gasteiger partial charge is 0.349 e. The first-order chi connectivity index (χ1) is 15.0. The second kappa shape index (κ2) is 9.36. The number of rotatable bonds is 6. The fourth-order valence-electron chi connectivity index (χ4n) is 2.88. The Morgan fingerprint density at radius 2 is 1.74 bits per heavy atom. The SMILES string of the molecule is O=C(CSc1cc(C(=O)NC2CC2)c2ccccc2n1)NNC(=O)c1ccc(Cl)cc1. The summed E-state index contributed by atoms with van der Waals surface area (Å²) in [6.07, 6.45) is 2.00. The Hall–Kier alpha value is -3.10. The number of para-hydroxylation sites is 1. The van der Waals surface area contributed by atoms with Gasteiger partial charge in [-0.2, -0.15) is 0 Å². The van der Waals surface area contributed by atoms with Crippen molar-refractivity contribution in [3.05, 3.63) is 70.7 Å². The first kappa shape index (κ1) is 21.1. The van der Waals surface area contributed by atoms with E-state index in [9.17, 15) is 14.4 Å². The van der Waals surface area contributed by atoms with Crippen LogP contribution < -0.4 is 16.2 Å². The number of aromatic nitrogens is 1. The summed E-state index contributed by atoms with van der Waals surface area (Å²) in [5.41, 5.74) is 6.34. The predicted molar refractivity (Wildman–Crippen MR) is 120 cm³/mol. The summed E-state index contributed by atoms with van der Waals surface area (Å²) in [7, 11) is 0. The molecule has 2 aromatic carbocycles. The molecule has 158 valence electrons. The quantitative estimate of drug-likeness (QED) is 0.392. The maximum atomic E-state index is 12.6. The molecule has 4 rings (SSSR count). The van der Waals surface area contributed by atoms with Gasteiger partial charge in [-0.15, -0.1) is 0 Å². The fraction of sp³-hybridized carbons (Fsp3) is 0.182. The number of hydrogen-bond donors (Lipinski definition) is 3. The number of amides is 3. The summed E-state index contributed by atoms with van der Waals surface area (Å²) in [5.74, 6) is -0.956. The standard InChI is InChI=1S/C22H19ClN4O3S/c23-14-7-5-13(6-8-14)21(29)27-26-19(28)12-31-20-11-17(22(30)24-15-9-10-15)16-3-1-2-4-18(16)25-20/h1-8,11,15H,9-10,12H2,(H,24,30)(H,26,28)(H,27,29). The first-order valence-corrected chi connectivity index (χ1v) is 11.0. The van der Waals surface area contributed by atoms with Crippen LogP contribution in [0.4, 0.5) is 0 Å². The normalized spacial score (nSPS) is 12.9. The molecule has 1 aliphatic rings. The van der Waals surface area contributed by atoms with Gasteiger partial charge in [0.2, 0.25) is 5.91 Å². The third kappa shape index (κ3) is 5.53. The Morgan fingerprint density at radius 1 is 1.00 bits per heavy atom. The molecule has 3 amide bonds. The Labute approximate surface area is 187 Å². The van der Waals surface area contributed by atoms with Crippen LogP contribution in [0.25, 0.3) is 10.9 Å². The van der Waals surface area contributed by atoms with Crippen molar-refractivity contribution in [1.29, 1.82) is 0 Å². The third-order valence-corrected chi connectivity index (χ3v) is 5.79. The average molecular weight is 455 g/mol. The van der Waals surface area contributed by atoms with Gasteiger partial charge in [0.25, 0.3) is 11.8 Å². The second-order valence-electron chi connectivity index (χ2n) is 7.07. The van der Waals surface area contributed by atoms with Gasteiger partial charge in [-0.3, -0.25) is 25.2 Å². The van der Waals surface area contributed by atoms with Crippen molar-refractivity contribution in [2.45, 2.75) is 23.9 Å². The molecule has 0 atom stereocenters. The molecule has 1 saturated carbocycles. The van der Waals surface area contributed by atoms with Crippen LogP contribution in [0.5, 0.6) is 0 Å². The summed E-state index contributed by atoms with van der Waals surface area (Å²) >= 11 is 6.99. The van der Waals surface area contributed by atoms with E-state index in [0.717, 1.165) is 18.2 Å². The van der Waals surface area contributed by atoms with Crippen LogP contribution in [0.15, 0.2) is 59.6 Å². The van der Waals surface area contributed by atoms with Crippen molar-refractivity contribution in [2.75, 3.05) is 5.75 Å². The van der Waals surface area contributed by atoms with Crippen LogP contribution in [-0.4, -0.2) is 34.5 Å². The summed E-state index contributed by atoms with van der Waals surface area (Å²) < 4.78 is 0. The molecule has 9 heteroatoms. The Morgan fingerprint density at radius 3 is 2.48 bits per heavy atom. The van der Waals surface area contributed by atoms with Crippen LogP contribution >= 0.6 is 23.4 Å². The number of carbonyl (C=O) groups is 3. The fourth-order valence-corrected chi connectivity index (χ4v) is 3.72. The molecule has 3 N–H and O–H groups in total. The van der Waals surface area contributed by atoms with E-state index in [1.165, 1.54) is 11.8 Å². The van der Waals surface area contributed by atoms with Gasteiger partial charge in [0.05, 0.1) is 21.9 Å². The molecule has 0 saturated heterocycles. The van der Waals surface area contributed by atoms with Gasteiger partial charge in [0, 0.05) is 22.0 Å². The second-order valence-corrected chi connectivity index (χ2v) is 8.50. The number of benzene rings is 2. The number of nitrogens with one attached hydrogen (secondary N) is 3. The summed E-state index contributed by atoms with van der Waals surface area (Å²) in [6, 6.07) is 15.7. The van der Waals surface area contributed by atoms with Gasteiger partial charge in [0.1, 0.15) is 0 Å². The highest BCUT2D eigenvalue weighted by Gasteiger charge is 2.25. The maximum Gasteiger partial charge on any atom is 0.269 e. The zero-order valence-electron chi connectivity index (χ0n) is 16.4. The number of halogens is 1. The molecular weight excluding hydrogens is 436 g/mol. The van der Waals surface area contributed by atoms with Crippen LogP contribution in [0, 0.1) is 0 Å². The number of hydrogen-bond acceptors (Lipinski definition) is 5. The smallest absolute Gasteiger partial charge is 0.269 e. The van der Waals surface area contributed by atoms with Crippen molar-refractivity contribution in [3.63, 3.8) is 0 Å². The molecule has 1 fully saturated rings. The van der Waals surface area contributed by atoms with Gasteiger partial charge < -0.3 is 5.32 Å². The van der Waals surface area contributed by atoms with E-state index in [1.807, 2.05) is 24.3 Å². The van der Waals surface area contributed by atoms with E-state index in [-0.39, 0.29) is 17.7 Å². The lowest BCUT2D eigenvalue weighted by molar-refractivity contribution is -0.119. The van der Waals surface area contributed by atoms with Crippen molar-refractivity contribution in [3.8, 4) is 0 Å². The number of fused-ring (bicyclic) bond motifs is 1. The van der Waals surface area contributed by atoms with E-state index in [2.05, 4.69) is 21.2 Å². The summed E-state index contributed by atoms with van der Waals surface area (Å²) in [5, 5.41) is 4.84. The molecule has 1 aliphatic carbocycles. The molecule has 0 bridgehead atoms. The minimum Gasteiger partial charge on any atom is -0.349 e. The zero-order chi connectivity index (χ0) is 21.8. The van der Waals surface area contributed by atoms with Gasteiger partial charge in [-0.05, 0) is 49.2 Å². The van der Waals surface area contributed by atoms with Crippen LogP contribution in [0.3, 0.4) is 0 Å². The molecule has 1 heterocycles. The highest BCUT2D eigenvalue weighted by molar-refractivity contribution is 7.99. The molecule has 7 nitrogen and oxygen atoms in total. The third-order valence-electron chi connectivity index (χ3n) is 4.62. The number of carbonyl (C=O) groups excluding carboxylic acids is 3.